The molecule has 3 atom stereocenters. The summed E-state index contributed by atoms with van der Waals surface area (Å²) in [5.74, 6) is 1.66. The van der Waals surface area contributed by atoms with Crippen molar-refractivity contribution in [1.82, 2.24) is 5.32 Å². The molecule has 0 radical (unpaired) electrons. The molecule has 0 amide bonds. The van der Waals surface area contributed by atoms with Gasteiger partial charge >= 0.3 is 0 Å². The molecular weight excluding hydrogens is 242 g/mol. The Balaban J connectivity index is 2.10. The van der Waals surface area contributed by atoms with Crippen LogP contribution in [0.4, 0.5) is 0 Å². The van der Waals surface area contributed by atoms with Gasteiger partial charge in [0.25, 0.3) is 0 Å². The summed E-state index contributed by atoms with van der Waals surface area (Å²) < 4.78 is 0. The van der Waals surface area contributed by atoms with E-state index in [0.29, 0.717) is 11.5 Å². The molecule has 1 aromatic carbocycles. The Morgan fingerprint density at radius 3 is 2.40 bits per heavy atom. The largest absolute Gasteiger partial charge is 0.317 e. The van der Waals surface area contributed by atoms with Crippen molar-refractivity contribution in [3.63, 3.8) is 0 Å². The van der Waals surface area contributed by atoms with Crippen LogP contribution in [-0.2, 0) is 6.42 Å². The van der Waals surface area contributed by atoms with Gasteiger partial charge in [-0.3, -0.25) is 0 Å². The molecule has 1 saturated carbocycles. The maximum Gasteiger partial charge on any atom is 0.0100 e. The van der Waals surface area contributed by atoms with Crippen LogP contribution in [0.25, 0.3) is 0 Å². The Labute approximate surface area is 125 Å². The molecule has 2 rings (SSSR count). The number of rotatable bonds is 4. The van der Waals surface area contributed by atoms with E-state index >= 15 is 0 Å². The summed E-state index contributed by atoms with van der Waals surface area (Å²) in [6, 6.07) is 9.76. The lowest BCUT2D eigenvalue weighted by Gasteiger charge is -2.44. The number of benzene rings is 1. The zero-order chi connectivity index (χ0) is 14.8. The molecule has 1 nitrogen and oxygen atoms in total. The maximum atomic E-state index is 3.59. The van der Waals surface area contributed by atoms with Gasteiger partial charge in [0.2, 0.25) is 0 Å². The standard InChI is InChI=1S/C19H31N/c1-14-6-9-16(10-7-14)13-19(3,4)17-11-8-15(2)12-18(17)20-5/h6-7,9-10,15,17-18,20H,8,11-13H2,1-5H3. The van der Waals surface area contributed by atoms with E-state index in [9.17, 15) is 0 Å². The van der Waals surface area contributed by atoms with Crippen LogP contribution in [0.15, 0.2) is 24.3 Å². The van der Waals surface area contributed by atoms with E-state index in [-0.39, 0.29) is 0 Å². The Morgan fingerprint density at radius 2 is 1.80 bits per heavy atom. The minimum absolute atomic E-state index is 0.364. The van der Waals surface area contributed by atoms with Crippen LogP contribution >= 0.6 is 0 Å². The van der Waals surface area contributed by atoms with Gasteiger partial charge in [-0.05, 0) is 56.0 Å². The maximum absolute atomic E-state index is 3.59. The smallest absolute Gasteiger partial charge is 0.0100 e. The number of aryl methyl sites for hydroxylation is 1. The third-order valence-corrected chi connectivity index (χ3v) is 5.27. The van der Waals surface area contributed by atoms with E-state index in [1.54, 1.807) is 0 Å². The van der Waals surface area contributed by atoms with Crippen molar-refractivity contribution in [3.8, 4) is 0 Å². The monoisotopic (exact) mass is 273 g/mol. The Bertz CT molecular complexity index is 418. The normalized spacial score (nSPS) is 27.6. The molecule has 1 aliphatic carbocycles. The van der Waals surface area contributed by atoms with E-state index < -0.39 is 0 Å². The molecule has 20 heavy (non-hydrogen) atoms. The van der Waals surface area contributed by atoms with Gasteiger partial charge in [-0.25, -0.2) is 0 Å². The van der Waals surface area contributed by atoms with Crippen LogP contribution in [0.5, 0.6) is 0 Å². The first kappa shape index (κ1) is 15.6. The van der Waals surface area contributed by atoms with Gasteiger partial charge in [-0.1, -0.05) is 57.0 Å². The minimum Gasteiger partial charge on any atom is -0.317 e. The van der Waals surface area contributed by atoms with Gasteiger partial charge in [0.05, 0.1) is 0 Å². The van der Waals surface area contributed by atoms with Crippen LogP contribution in [0, 0.1) is 24.2 Å². The van der Waals surface area contributed by atoms with Crippen molar-refractivity contribution in [2.75, 3.05) is 7.05 Å². The summed E-state index contributed by atoms with van der Waals surface area (Å²) in [6.45, 7) is 9.47. The Morgan fingerprint density at radius 1 is 1.15 bits per heavy atom. The predicted octanol–water partition coefficient (Wildman–Crippen LogP) is 4.59. The molecule has 1 N–H and O–H groups in total. The van der Waals surface area contributed by atoms with Gasteiger partial charge in [0, 0.05) is 6.04 Å². The van der Waals surface area contributed by atoms with Crippen LogP contribution in [0.1, 0.15) is 51.2 Å². The zero-order valence-corrected chi connectivity index (χ0v) is 13.9. The molecule has 0 spiro atoms. The summed E-state index contributed by atoms with van der Waals surface area (Å²) in [6.07, 6.45) is 5.27. The molecule has 0 bridgehead atoms. The third kappa shape index (κ3) is 3.63. The molecule has 1 heteroatoms. The zero-order valence-electron chi connectivity index (χ0n) is 13.9. The summed E-state index contributed by atoms with van der Waals surface area (Å²) in [4.78, 5) is 0. The Kier molecular flexibility index (Phi) is 4.90. The molecule has 0 heterocycles. The highest BCUT2D eigenvalue weighted by molar-refractivity contribution is 5.22. The number of hydrogen-bond acceptors (Lipinski definition) is 1. The highest BCUT2D eigenvalue weighted by Crippen LogP contribution is 2.42. The second-order valence-electron chi connectivity index (χ2n) is 7.57. The molecule has 112 valence electrons. The first-order valence-corrected chi connectivity index (χ1v) is 8.15. The van der Waals surface area contributed by atoms with Gasteiger partial charge in [0.1, 0.15) is 0 Å². The van der Waals surface area contributed by atoms with E-state index in [1.165, 1.54) is 36.8 Å². The van der Waals surface area contributed by atoms with Gasteiger partial charge in [-0.2, -0.15) is 0 Å². The summed E-state index contributed by atoms with van der Waals surface area (Å²) in [7, 11) is 2.14. The fourth-order valence-electron chi connectivity index (χ4n) is 4.00. The SMILES string of the molecule is CNC1CC(C)CCC1C(C)(C)Cc1ccc(C)cc1. The van der Waals surface area contributed by atoms with E-state index in [4.69, 9.17) is 0 Å². The van der Waals surface area contributed by atoms with Gasteiger partial charge < -0.3 is 5.32 Å². The highest BCUT2D eigenvalue weighted by Gasteiger charge is 2.38. The van der Waals surface area contributed by atoms with Crippen molar-refractivity contribution in [2.24, 2.45) is 17.3 Å². The fourth-order valence-corrected chi connectivity index (χ4v) is 4.00. The molecule has 0 saturated heterocycles. The molecular formula is C19H31N. The molecule has 1 aromatic rings. The average Bonchev–Trinajstić information content (AvgIpc) is 2.40. The van der Waals surface area contributed by atoms with Crippen LogP contribution in [0.2, 0.25) is 0 Å². The quantitative estimate of drug-likeness (QED) is 0.846. The highest BCUT2D eigenvalue weighted by atomic mass is 14.9. The third-order valence-electron chi connectivity index (χ3n) is 5.27. The van der Waals surface area contributed by atoms with E-state index in [2.05, 4.69) is 64.3 Å². The van der Waals surface area contributed by atoms with Crippen molar-refractivity contribution < 1.29 is 0 Å². The second kappa shape index (κ2) is 6.30. The Hall–Kier alpha value is -0.820. The van der Waals surface area contributed by atoms with Crippen molar-refractivity contribution in [1.29, 1.82) is 0 Å². The average molecular weight is 273 g/mol. The lowest BCUT2D eigenvalue weighted by atomic mass is 9.64. The van der Waals surface area contributed by atoms with Crippen molar-refractivity contribution in [2.45, 2.75) is 59.4 Å². The van der Waals surface area contributed by atoms with Gasteiger partial charge in [-0.15, -0.1) is 0 Å². The molecule has 1 fully saturated rings. The van der Waals surface area contributed by atoms with E-state index in [0.717, 1.165) is 11.8 Å². The first-order valence-electron chi connectivity index (χ1n) is 8.15. The van der Waals surface area contributed by atoms with Crippen LogP contribution in [-0.4, -0.2) is 13.1 Å². The molecule has 3 unspecified atom stereocenters. The van der Waals surface area contributed by atoms with Crippen LogP contribution in [0.3, 0.4) is 0 Å². The molecule has 0 aliphatic heterocycles. The summed E-state index contributed by atoms with van der Waals surface area (Å²) in [5.41, 5.74) is 3.20. The topological polar surface area (TPSA) is 12.0 Å². The van der Waals surface area contributed by atoms with E-state index in [1.807, 2.05) is 0 Å². The molecule has 1 aliphatic rings. The second-order valence-corrected chi connectivity index (χ2v) is 7.57. The van der Waals surface area contributed by atoms with Gasteiger partial charge in [0.15, 0.2) is 0 Å². The summed E-state index contributed by atoms with van der Waals surface area (Å²) in [5, 5.41) is 3.59. The molecule has 0 aromatic heterocycles. The number of nitrogens with one attached hydrogen (secondary N) is 1. The van der Waals surface area contributed by atoms with Crippen LogP contribution < -0.4 is 5.32 Å². The first-order chi connectivity index (χ1) is 9.42. The number of hydrogen-bond donors (Lipinski definition) is 1. The minimum atomic E-state index is 0.364. The predicted molar refractivity (Wildman–Crippen MR) is 88.0 cm³/mol. The lowest BCUT2D eigenvalue weighted by Crippen LogP contribution is -2.46. The van der Waals surface area contributed by atoms with Crippen molar-refractivity contribution >= 4 is 0 Å². The summed E-state index contributed by atoms with van der Waals surface area (Å²) >= 11 is 0. The van der Waals surface area contributed by atoms with Crippen molar-refractivity contribution in [3.05, 3.63) is 35.4 Å². The lowest BCUT2D eigenvalue weighted by molar-refractivity contribution is 0.0980. The fraction of sp³-hybridized carbons (Fsp3) is 0.684.